The molecule has 0 unspecified atom stereocenters. The summed E-state index contributed by atoms with van der Waals surface area (Å²) in [5, 5.41) is 7.91. The van der Waals surface area contributed by atoms with Crippen LogP contribution in [0.25, 0.3) is 22.6 Å². The highest BCUT2D eigenvalue weighted by Crippen LogP contribution is 2.35. The zero-order valence-electron chi connectivity index (χ0n) is 14.9. The van der Waals surface area contributed by atoms with E-state index in [0.717, 1.165) is 41.3 Å². The number of carbonyl (C=O) groups is 1. The second-order valence-electron chi connectivity index (χ2n) is 6.67. The van der Waals surface area contributed by atoms with E-state index >= 15 is 0 Å². The second kappa shape index (κ2) is 6.28. The van der Waals surface area contributed by atoms with Gasteiger partial charge in [-0.2, -0.15) is 5.10 Å². The number of aromatic amines is 1. The van der Waals surface area contributed by atoms with Gasteiger partial charge in [-0.3, -0.25) is 9.48 Å². The number of hydrogen-bond donors (Lipinski definition) is 2. The molecule has 3 aromatic rings. The van der Waals surface area contributed by atoms with Crippen molar-refractivity contribution in [2.45, 2.75) is 26.3 Å². The Hall–Kier alpha value is -2.61. The highest BCUT2D eigenvalue weighted by atomic mass is 35.5. The summed E-state index contributed by atoms with van der Waals surface area (Å²) >= 11 is 6.47. The highest BCUT2D eigenvalue weighted by Gasteiger charge is 2.27. The lowest BCUT2D eigenvalue weighted by atomic mass is 10.2. The molecule has 1 fully saturated rings. The molecule has 3 aromatic heterocycles. The Balaban J connectivity index is 1.74. The highest BCUT2D eigenvalue weighted by molar-refractivity contribution is 6.34. The van der Waals surface area contributed by atoms with Crippen molar-refractivity contribution in [2.24, 2.45) is 7.05 Å². The van der Waals surface area contributed by atoms with Gasteiger partial charge in [-0.15, -0.1) is 0 Å². The summed E-state index contributed by atoms with van der Waals surface area (Å²) in [6.45, 7) is 5.00. The van der Waals surface area contributed by atoms with Gasteiger partial charge in [0.25, 0.3) is 0 Å². The predicted octanol–water partition coefficient (Wildman–Crippen LogP) is 2.04. The Labute approximate surface area is 155 Å². The SMILES string of the molecule is CC(=O)N[C@H]1CCN(c2c(Cl)cnc3nc(-c4cn(C)nc4C)[nH]c23)C1. The Morgan fingerprint density at radius 2 is 2.27 bits per heavy atom. The molecule has 1 amide bonds. The number of H-pyrrole nitrogens is 1. The molecule has 0 saturated carbocycles. The van der Waals surface area contributed by atoms with Gasteiger partial charge in [-0.1, -0.05) is 11.6 Å². The molecule has 0 aromatic carbocycles. The second-order valence-corrected chi connectivity index (χ2v) is 7.08. The molecule has 136 valence electrons. The van der Waals surface area contributed by atoms with Gasteiger partial charge in [0, 0.05) is 39.3 Å². The van der Waals surface area contributed by atoms with Crippen LogP contribution in [0, 0.1) is 6.92 Å². The molecular formula is C17H20ClN7O. The Bertz CT molecular complexity index is 993. The first-order chi connectivity index (χ1) is 12.4. The smallest absolute Gasteiger partial charge is 0.217 e. The van der Waals surface area contributed by atoms with E-state index in [1.807, 2.05) is 20.2 Å². The molecule has 1 saturated heterocycles. The van der Waals surface area contributed by atoms with Crippen molar-refractivity contribution in [3.8, 4) is 11.4 Å². The molecule has 8 nitrogen and oxygen atoms in total. The molecule has 1 aliphatic rings. The summed E-state index contributed by atoms with van der Waals surface area (Å²) in [5.74, 6) is 0.706. The van der Waals surface area contributed by atoms with Gasteiger partial charge in [0.1, 0.15) is 11.3 Å². The summed E-state index contributed by atoms with van der Waals surface area (Å²) in [7, 11) is 1.88. The number of aromatic nitrogens is 5. The molecule has 26 heavy (non-hydrogen) atoms. The number of anilines is 1. The number of imidazole rings is 1. The van der Waals surface area contributed by atoms with E-state index in [9.17, 15) is 4.79 Å². The number of amides is 1. The van der Waals surface area contributed by atoms with Crippen LogP contribution in [0.1, 0.15) is 19.0 Å². The number of nitrogens with zero attached hydrogens (tertiary/aromatic N) is 5. The third kappa shape index (κ3) is 2.90. The topological polar surface area (TPSA) is 91.7 Å². The summed E-state index contributed by atoms with van der Waals surface area (Å²) in [4.78, 5) is 25.9. The van der Waals surface area contributed by atoms with E-state index in [1.54, 1.807) is 10.9 Å². The van der Waals surface area contributed by atoms with Crippen molar-refractivity contribution in [2.75, 3.05) is 18.0 Å². The lowest BCUT2D eigenvalue weighted by Gasteiger charge is -2.20. The molecule has 2 N–H and O–H groups in total. The van der Waals surface area contributed by atoms with Crippen molar-refractivity contribution in [1.29, 1.82) is 0 Å². The fourth-order valence-corrected chi connectivity index (χ4v) is 3.82. The molecule has 4 rings (SSSR count). The molecule has 4 heterocycles. The van der Waals surface area contributed by atoms with Gasteiger partial charge < -0.3 is 15.2 Å². The fraction of sp³-hybridized carbons (Fsp3) is 0.412. The summed E-state index contributed by atoms with van der Waals surface area (Å²) in [5.41, 5.74) is 4.13. The molecular weight excluding hydrogens is 354 g/mol. The fourth-order valence-electron chi connectivity index (χ4n) is 3.56. The maximum absolute atomic E-state index is 11.3. The number of halogens is 1. The van der Waals surface area contributed by atoms with Crippen LogP contribution in [0.4, 0.5) is 5.69 Å². The molecule has 1 aliphatic heterocycles. The molecule has 1 atom stereocenters. The molecule has 0 bridgehead atoms. The number of hydrogen-bond acceptors (Lipinski definition) is 5. The molecule has 0 radical (unpaired) electrons. The maximum Gasteiger partial charge on any atom is 0.217 e. The van der Waals surface area contributed by atoms with Crippen LogP contribution in [0.2, 0.25) is 5.02 Å². The van der Waals surface area contributed by atoms with Gasteiger partial charge in [-0.05, 0) is 13.3 Å². The number of carbonyl (C=O) groups excluding carboxylic acids is 1. The largest absolute Gasteiger partial charge is 0.366 e. The van der Waals surface area contributed by atoms with Crippen LogP contribution in [0.5, 0.6) is 0 Å². The van der Waals surface area contributed by atoms with Crippen LogP contribution in [-0.4, -0.2) is 49.8 Å². The summed E-state index contributed by atoms with van der Waals surface area (Å²) in [6, 6.07) is 0.120. The quantitative estimate of drug-likeness (QED) is 0.733. The first kappa shape index (κ1) is 16.8. The summed E-state index contributed by atoms with van der Waals surface area (Å²) in [6.07, 6.45) is 4.44. The zero-order valence-corrected chi connectivity index (χ0v) is 15.6. The van der Waals surface area contributed by atoms with Crippen molar-refractivity contribution >= 4 is 34.4 Å². The Morgan fingerprint density at radius 1 is 1.46 bits per heavy atom. The van der Waals surface area contributed by atoms with Gasteiger partial charge in [0.15, 0.2) is 5.65 Å². The molecule has 0 aliphatic carbocycles. The number of fused-ring (bicyclic) bond motifs is 1. The first-order valence-corrected chi connectivity index (χ1v) is 8.87. The van der Waals surface area contributed by atoms with Gasteiger partial charge >= 0.3 is 0 Å². The van der Waals surface area contributed by atoms with E-state index in [2.05, 4.69) is 30.3 Å². The zero-order chi connectivity index (χ0) is 18.4. The van der Waals surface area contributed by atoms with Crippen LogP contribution < -0.4 is 10.2 Å². The lowest BCUT2D eigenvalue weighted by molar-refractivity contribution is -0.119. The van der Waals surface area contributed by atoms with Crippen molar-refractivity contribution in [3.63, 3.8) is 0 Å². The third-order valence-corrected chi connectivity index (χ3v) is 4.90. The average Bonchev–Trinajstić information content (AvgIpc) is 3.25. The number of aryl methyl sites for hydroxylation is 2. The average molecular weight is 374 g/mol. The minimum atomic E-state index is -0.0151. The number of rotatable bonds is 3. The molecule has 0 spiro atoms. The van der Waals surface area contributed by atoms with E-state index in [4.69, 9.17) is 11.6 Å². The minimum absolute atomic E-state index is 0.0151. The monoisotopic (exact) mass is 373 g/mol. The summed E-state index contributed by atoms with van der Waals surface area (Å²) < 4.78 is 1.76. The third-order valence-electron chi connectivity index (χ3n) is 4.63. The van der Waals surface area contributed by atoms with Gasteiger partial charge in [0.05, 0.1) is 28.2 Å². The van der Waals surface area contributed by atoms with Crippen molar-refractivity contribution in [1.82, 2.24) is 30.0 Å². The number of nitrogens with one attached hydrogen (secondary N) is 2. The Kier molecular flexibility index (Phi) is 4.07. The van der Waals surface area contributed by atoms with Crippen LogP contribution in [0.3, 0.4) is 0 Å². The normalized spacial score (nSPS) is 17.2. The molecule has 9 heteroatoms. The van der Waals surface area contributed by atoms with Crippen molar-refractivity contribution < 1.29 is 4.79 Å². The lowest BCUT2D eigenvalue weighted by Crippen LogP contribution is -2.35. The first-order valence-electron chi connectivity index (χ1n) is 8.49. The van der Waals surface area contributed by atoms with Crippen LogP contribution in [-0.2, 0) is 11.8 Å². The van der Waals surface area contributed by atoms with E-state index in [0.29, 0.717) is 17.2 Å². The Morgan fingerprint density at radius 3 is 2.96 bits per heavy atom. The minimum Gasteiger partial charge on any atom is -0.366 e. The standard InChI is InChI=1S/C17H20ClN7O/c1-9-12(8-24(3)23-9)16-21-14-15(13(18)6-19-17(14)22-16)25-5-4-11(7-25)20-10(2)26/h6,8,11H,4-5,7H2,1-3H3,(H,20,26)(H,19,21,22)/t11-/m0/s1. The van der Waals surface area contributed by atoms with Crippen molar-refractivity contribution in [3.05, 3.63) is 23.1 Å². The predicted molar refractivity (Wildman–Crippen MR) is 100 cm³/mol. The number of pyridine rings is 1. The van der Waals surface area contributed by atoms with Crippen LogP contribution in [0.15, 0.2) is 12.4 Å². The van der Waals surface area contributed by atoms with Crippen LogP contribution >= 0.6 is 11.6 Å². The maximum atomic E-state index is 11.3. The van der Waals surface area contributed by atoms with E-state index in [1.165, 1.54) is 6.92 Å². The van der Waals surface area contributed by atoms with Gasteiger partial charge in [-0.25, -0.2) is 9.97 Å². The van der Waals surface area contributed by atoms with E-state index in [-0.39, 0.29) is 11.9 Å². The van der Waals surface area contributed by atoms with E-state index < -0.39 is 0 Å². The van der Waals surface area contributed by atoms with Gasteiger partial charge in [0.2, 0.25) is 5.91 Å².